The average Bonchev–Trinajstić information content (AvgIpc) is 3.17. The molecule has 3 rings (SSSR count). The zero-order valence-electron chi connectivity index (χ0n) is 14.5. The topological polar surface area (TPSA) is 177 Å². The zero-order chi connectivity index (χ0) is 19.7. The molecule has 0 spiro atoms. The lowest BCUT2D eigenvalue weighted by molar-refractivity contribution is -0.146. The van der Waals surface area contributed by atoms with Crippen molar-refractivity contribution < 1.29 is 30.0 Å². The number of ether oxygens (including phenoxy) is 1. The molecule has 27 heavy (non-hydrogen) atoms. The fourth-order valence-electron chi connectivity index (χ4n) is 2.95. The molecule has 0 amide bonds. The summed E-state index contributed by atoms with van der Waals surface area (Å²) in [6.45, 7) is 0. The van der Waals surface area contributed by atoms with Crippen LogP contribution in [0, 0.1) is 0 Å². The number of hydrogen-bond acceptors (Lipinski definition) is 9. The Hall–Kier alpha value is -1.99. The highest BCUT2D eigenvalue weighted by Gasteiger charge is 2.46. The smallest absolute Gasteiger partial charge is 0.332 e. The number of nitrogens with two attached hydrogens (primary N) is 1. The van der Waals surface area contributed by atoms with Gasteiger partial charge in [0.1, 0.15) is 41.7 Å². The van der Waals surface area contributed by atoms with Gasteiger partial charge in [0.15, 0.2) is 23.8 Å². The van der Waals surface area contributed by atoms with Crippen molar-refractivity contribution in [3.05, 3.63) is 12.7 Å². The van der Waals surface area contributed by atoms with E-state index < -0.39 is 36.6 Å². The lowest BCUT2D eigenvalue weighted by atomic mass is 10.1. The standard InChI is InChI=1S/C15H21N5O6S/c1-27(3-2-7(21)15(24)25)4-8-10(22)11(23)14(26-8)20-6-19-9-12(16)17-5-18-13(9)20/h5-8,10-11,14,21-23H,2-4H2,1H3,(H2-,16,17,18,24,25)/p+1/t7?,8-,10-,11-,14-,27?/m1/s1/i1+2. The van der Waals surface area contributed by atoms with Crippen LogP contribution >= 0.6 is 0 Å². The number of aliphatic carboxylic acids is 1. The molecule has 1 aliphatic heterocycles. The van der Waals surface area contributed by atoms with Crippen molar-refractivity contribution in [3.8, 4) is 0 Å². The predicted octanol–water partition coefficient (Wildman–Crippen LogP) is -1.89. The molecule has 1 saturated heterocycles. The normalized spacial score (nSPS) is 27.7. The van der Waals surface area contributed by atoms with Gasteiger partial charge >= 0.3 is 5.97 Å². The maximum atomic E-state index is 10.7. The van der Waals surface area contributed by atoms with E-state index >= 15 is 0 Å². The molecule has 148 valence electrons. The van der Waals surface area contributed by atoms with Gasteiger partial charge in [0, 0.05) is 6.42 Å². The SMILES string of the molecule is [14CH3][S+](CCC(O)C(=O)O)C[C@H]1O[C@@H](n2cnc3c(N)ncnc32)[C@H](O)[C@@H]1O. The van der Waals surface area contributed by atoms with Gasteiger partial charge in [-0.25, -0.2) is 19.7 Å². The summed E-state index contributed by atoms with van der Waals surface area (Å²) in [4.78, 5) is 22.8. The fraction of sp³-hybridized carbons (Fsp3) is 0.600. The van der Waals surface area contributed by atoms with Gasteiger partial charge in [0.2, 0.25) is 0 Å². The molecule has 2 aromatic heterocycles. The molecule has 0 aromatic carbocycles. The number of aliphatic hydroxyl groups excluding tert-OH is 3. The van der Waals surface area contributed by atoms with Crippen LogP contribution in [0.3, 0.4) is 0 Å². The van der Waals surface area contributed by atoms with Crippen molar-refractivity contribution in [3.63, 3.8) is 0 Å². The van der Waals surface area contributed by atoms with Crippen LogP contribution in [0.15, 0.2) is 12.7 Å². The molecule has 3 heterocycles. The molecule has 2 aromatic rings. The third kappa shape index (κ3) is 3.99. The third-order valence-electron chi connectivity index (χ3n) is 4.47. The number of anilines is 1. The van der Waals surface area contributed by atoms with Crippen LogP contribution in [-0.2, 0) is 20.4 Å². The highest BCUT2D eigenvalue weighted by atomic mass is 32.2. The summed E-state index contributed by atoms with van der Waals surface area (Å²) >= 11 is 0. The molecule has 12 heteroatoms. The van der Waals surface area contributed by atoms with Crippen molar-refractivity contribution in [2.24, 2.45) is 0 Å². The van der Waals surface area contributed by atoms with Gasteiger partial charge in [-0.2, -0.15) is 0 Å². The molecule has 1 fully saturated rings. The van der Waals surface area contributed by atoms with Crippen LogP contribution in [0.4, 0.5) is 5.82 Å². The number of carboxylic acids is 1. The number of fused-ring (bicyclic) bond motifs is 1. The number of nitrogen functional groups attached to an aromatic ring is 1. The molecule has 11 nitrogen and oxygen atoms in total. The molecule has 2 unspecified atom stereocenters. The van der Waals surface area contributed by atoms with E-state index in [-0.39, 0.29) is 23.1 Å². The van der Waals surface area contributed by atoms with E-state index in [1.807, 2.05) is 6.26 Å². The number of carboxylic acid groups (broad SMARTS) is 1. The van der Waals surface area contributed by atoms with Crippen LogP contribution in [-0.4, -0.2) is 88.1 Å². The van der Waals surface area contributed by atoms with Crippen LogP contribution in [0.5, 0.6) is 0 Å². The van der Waals surface area contributed by atoms with E-state index in [1.54, 1.807) is 0 Å². The Labute approximate surface area is 157 Å². The van der Waals surface area contributed by atoms with E-state index in [9.17, 15) is 20.1 Å². The van der Waals surface area contributed by atoms with Crippen molar-refractivity contribution in [2.45, 2.75) is 37.1 Å². The first-order valence-corrected chi connectivity index (χ1v) is 10.2. The van der Waals surface area contributed by atoms with Crippen LogP contribution in [0.2, 0.25) is 0 Å². The van der Waals surface area contributed by atoms with Crippen molar-refractivity contribution >= 4 is 33.8 Å². The van der Waals surface area contributed by atoms with Gasteiger partial charge < -0.3 is 30.9 Å². The van der Waals surface area contributed by atoms with Crippen LogP contribution in [0.1, 0.15) is 12.6 Å². The van der Waals surface area contributed by atoms with E-state index in [2.05, 4.69) is 15.0 Å². The molecular formula is C15H22N5O6S+. The quantitative estimate of drug-likeness (QED) is 0.329. The number of carbonyl (C=O) groups is 1. The molecule has 1 aliphatic rings. The first kappa shape index (κ1) is 19.8. The summed E-state index contributed by atoms with van der Waals surface area (Å²) in [5, 5.41) is 38.9. The minimum Gasteiger partial charge on any atom is -0.479 e. The van der Waals surface area contributed by atoms with E-state index in [0.717, 1.165) is 0 Å². The summed E-state index contributed by atoms with van der Waals surface area (Å²) < 4.78 is 7.36. The Kier molecular flexibility index (Phi) is 5.81. The lowest BCUT2D eigenvalue weighted by Crippen LogP contribution is -2.36. The maximum Gasteiger partial charge on any atom is 0.332 e. The summed E-state index contributed by atoms with van der Waals surface area (Å²) in [6, 6.07) is 0. The van der Waals surface area contributed by atoms with Gasteiger partial charge in [-0.3, -0.25) is 4.57 Å². The van der Waals surface area contributed by atoms with E-state index in [1.165, 1.54) is 17.2 Å². The van der Waals surface area contributed by atoms with Gasteiger partial charge in [-0.05, 0) is 10.9 Å². The molecule has 0 saturated carbocycles. The second-order valence-corrected chi connectivity index (χ2v) is 8.73. The highest BCUT2D eigenvalue weighted by molar-refractivity contribution is 7.96. The third-order valence-corrected chi connectivity index (χ3v) is 6.30. The number of rotatable bonds is 7. The number of aromatic nitrogens is 4. The Bertz CT molecular complexity index is 819. The Balaban J connectivity index is 1.68. The Morgan fingerprint density at radius 2 is 2.11 bits per heavy atom. The largest absolute Gasteiger partial charge is 0.479 e. The number of aliphatic hydroxyl groups is 3. The van der Waals surface area contributed by atoms with Crippen molar-refractivity contribution in [1.82, 2.24) is 19.5 Å². The fourth-order valence-corrected chi connectivity index (χ4v) is 4.58. The molecular weight excluding hydrogens is 380 g/mol. The predicted molar refractivity (Wildman–Crippen MR) is 96.9 cm³/mol. The molecule has 0 radical (unpaired) electrons. The maximum absolute atomic E-state index is 10.7. The first-order valence-electron chi connectivity index (χ1n) is 8.24. The van der Waals surface area contributed by atoms with Gasteiger partial charge in [-0.1, -0.05) is 0 Å². The van der Waals surface area contributed by atoms with E-state index in [4.69, 9.17) is 15.6 Å². The summed E-state index contributed by atoms with van der Waals surface area (Å²) in [5.41, 5.74) is 6.53. The Morgan fingerprint density at radius 1 is 1.37 bits per heavy atom. The monoisotopic (exact) mass is 402 g/mol. The molecule has 6 N–H and O–H groups in total. The summed E-state index contributed by atoms with van der Waals surface area (Å²) in [6.07, 6.45) is -0.526. The second-order valence-electron chi connectivity index (χ2n) is 6.42. The molecule has 0 bridgehead atoms. The number of imidazole rings is 1. The highest BCUT2D eigenvalue weighted by Crippen LogP contribution is 2.32. The second kappa shape index (κ2) is 7.94. The van der Waals surface area contributed by atoms with E-state index in [0.29, 0.717) is 22.7 Å². The van der Waals surface area contributed by atoms with Crippen molar-refractivity contribution in [2.75, 3.05) is 23.5 Å². The summed E-state index contributed by atoms with van der Waals surface area (Å²) in [5.74, 6) is -0.160. The molecule has 0 aliphatic carbocycles. The number of hydrogen-bond donors (Lipinski definition) is 5. The number of nitrogens with zero attached hydrogens (tertiary/aromatic N) is 4. The van der Waals surface area contributed by atoms with Gasteiger partial charge in [0.25, 0.3) is 0 Å². The molecule has 6 atom stereocenters. The summed E-state index contributed by atoms with van der Waals surface area (Å²) in [7, 11) is -0.315. The minimum atomic E-state index is -1.41. The van der Waals surface area contributed by atoms with Crippen LogP contribution in [0.25, 0.3) is 11.2 Å². The van der Waals surface area contributed by atoms with Crippen molar-refractivity contribution in [1.29, 1.82) is 0 Å². The zero-order valence-corrected chi connectivity index (χ0v) is 15.4. The average molecular weight is 402 g/mol. The van der Waals surface area contributed by atoms with Crippen LogP contribution < -0.4 is 5.73 Å². The minimum absolute atomic E-state index is 0.117. The van der Waals surface area contributed by atoms with Gasteiger partial charge in [-0.15, -0.1) is 0 Å². The first-order chi connectivity index (χ1) is 12.8. The van der Waals surface area contributed by atoms with Gasteiger partial charge in [0.05, 0.1) is 12.6 Å². The lowest BCUT2D eigenvalue weighted by Gasteiger charge is -2.16. The Morgan fingerprint density at radius 3 is 2.81 bits per heavy atom.